The predicted molar refractivity (Wildman–Crippen MR) is 67.3 cm³/mol. The SMILES string of the molecule is CC1CCCN1C(=O)N1CCC(CCC(=O)O)C1. The van der Waals surface area contributed by atoms with E-state index in [0.29, 0.717) is 18.4 Å². The molecule has 0 bridgehead atoms. The van der Waals surface area contributed by atoms with Crippen molar-refractivity contribution in [1.82, 2.24) is 9.80 Å². The lowest BCUT2D eigenvalue weighted by molar-refractivity contribution is -0.137. The lowest BCUT2D eigenvalue weighted by Gasteiger charge is -2.27. The van der Waals surface area contributed by atoms with Crippen LogP contribution in [0.25, 0.3) is 0 Å². The standard InChI is InChI=1S/C13H22N2O3/c1-10-3-2-7-15(10)13(18)14-8-6-11(9-14)4-5-12(16)17/h10-11H,2-9H2,1H3,(H,16,17). The molecule has 2 aliphatic heterocycles. The largest absolute Gasteiger partial charge is 0.481 e. The van der Waals surface area contributed by atoms with Crippen molar-refractivity contribution in [2.45, 2.75) is 45.1 Å². The minimum Gasteiger partial charge on any atom is -0.481 e. The molecular formula is C13H22N2O3. The maximum Gasteiger partial charge on any atom is 0.320 e. The molecule has 2 fully saturated rings. The second-order valence-corrected chi connectivity index (χ2v) is 5.50. The highest BCUT2D eigenvalue weighted by Gasteiger charge is 2.33. The third kappa shape index (κ3) is 2.94. The Kier molecular flexibility index (Phi) is 4.09. The number of carbonyl (C=O) groups excluding carboxylic acids is 1. The lowest BCUT2D eigenvalue weighted by Crippen LogP contribution is -2.43. The van der Waals surface area contributed by atoms with E-state index in [1.807, 2.05) is 9.80 Å². The second-order valence-electron chi connectivity index (χ2n) is 5.50. The fourth-order valence-corrected chi connectivity index (χ4v) is 2.97. The Bertz CT molecular complexity index is 332. The van der Waals surface area contributed by atoms with E-state index < -0.39 is 5.97 Å². The van der Waals surface area contributed by atoms with Crippen LogP contribution in [0.15, 0.2) is 0 Å². The molecule has 2 aliphatic rings. The molecule has 0 radical (unpaired) electrons. The summed E-state index contributed by atoms with van der Waals surface area (Å²) >= 11 is 0. The summed E-state index contributed by atoms with van der Waals surface area (Å²) in [5, 5.41) is 8.67. The van der Waals surface area contributed by atoms with Crippen LogP contribution in [0.4, 0.5) is 4.79 Å². The zero-order chi connectivity index (χ0) is 13.1. The van der Waals surface area contributed by atoms with Crippen molar-refractivity contribution in [1.29, 1.82) is 0 Å². The fraction of sp³-hybridized carbons (Fsp3) is 0.846. The maximum atomic E-state index is 12.3. The van der Waals surface area contributed by atoms with Crippen molar-refractivity contribution in [3.8, 4) is 0 Å². The number of carboxylic acid groups (broad SMARTS) is 1. The van der Waals surface area contributed by atoms with Gasteiger partial charge in [-0.3, -0.25) is 4.79 Å². The van der Waals surface area contributed by atoms with Crippen LogP contribution < -0.4 is 0 Å². The summed E-state index contributed by atoms with van der Waals surface area (Å²) in [5.74, 6) is -0.379. The van der Waals surface area contributed by atoms with Gasteiger partial charge in [0.05, 0.1) is 0 Å². The van der Waals surface area contributed by atoms with E-state index in [2.05, 4.69) is 6.92 Å². The quantitative estimate of drug-likeness (QED) is 0.835. The Morgan fingerprint density at radius 3 is 2.67 bits per heavy atom. The van der Waals surface area contributed by atoms with Crippen LogP contribution in [0.3, 0.4) is 0 Å². The van der Waals surface area contributed by atoms with Crippen LogP contribution in [-0.4, -0.2) is 52.6 Å². The number of hydrogen-bond acceptors (Lipinski definition) is 2. The Morgan fingerprint density at radius 2 is 2.06 bits per heavy atom. The normalized spacial score (nSPS) is 27.8. The van der Waals surface area contributed by atoms with Crippen molar-refractivity contribution >= 4 is 12.0 Å². The molecule has 2 atom stereocenters. The molecule has 0 aromatic rings. The topological polar surface area (TPSA) is 60.9 Å². The third-order valence-corrected chi connectivity index (χ3v) is 4.12. The Morgan fingerprint density at radius 1 is 1.28 bits per heavy atom. The number of amides is 2. The smallest absolute Gasteiger partial charge is 0.320 e. The molecule has 1 N–H and O–H groups in total. The molecule has 2 rings (SSSR count). The number of urea groups is 1. The van der Waals surface area contributed by atoms with Crippen LogP contribution >= 0.6 is 0 Å². The van der Waals surface area contributed by atoms with Gasteiger partial charge in [0.15, 0.2) is 0 Å². The van der Waals surface area contributed by atoms with Crippen LogP contribution in [0.5, 0.6) is 0 Å². The van der Waals surface area contributed by atoms with Crippen LogP contribution in [0.2, 0.25) is 0 Å². The highest BCUT2D eigenvalue weighted by atomic mass is 16.4. The molecule has 18 heavy (non-hydrogen) atoms. The number of hydrogen-bond donors (Lipinski definition) is 1. The van der Waals surface area contributed by atoms with Crippen molar-refractivity contribution in [2.75, 3.05) is 19.6 Å². The molecule has 2 amide bonds. The molecular weight excluding hydrogens is 232 g/mol. The van der Waals surface area contributed by atoms with Crippen molar-refractivity contribution in [3.05, 3.63) is 0 Å². The van der Waals surface area contributed by atoms with Gasteiger partial charge in [-0.1, -0.05) is 0 Å². The molecule has 5 nitrogen and oxygen atoms in total. The van der Waals surface area contributed by atoms with Gasteiger partial charge in [-0.05, 0) is 38.5 Å². The Hall–Kier alpha value is -1.26. The zero-order valence-electron chi connectivity index (χ0n) is 11.0. The molecule has 0 aliphatic carbocycles. The summed E-state index contributed by atoms with van der Waals surface area (Å²) < 4.78 is 0. The maximum absolute atomic E-state index is 12.3. The number of likely N-dealkylation sites (tertiary alicyclic amines) is 2. The Labute approximate surface area is 108 Å². The predicted octanol–water partition coefficient (Wildman–Crippen LogP) is 1.78. The van der Waals surface area contributed by atoms with Gasteiger partial charge in [0.2, 0.25) is 0 Å². The number of carboxylic acids is 1. The van der Waals surface area contributed by atoms with E-state index in [4.69, 9.17) is 5.11 Å². The minimum absolute atomic E-state index is 0.151. The van der Waals surface area contributed by atoms with E-state index in [1.54, 1.807) is 0 Å². The van der Waals surface area contributed by atoms with Crippen LogP contribution in [0, 0.1) is 5.92 Å². The molecule has 0 saturated carbocycles. The van der Waals surface area contributed by atoms with Crippen molar-refractivity contribution in [2.24, 2.45) is 5.92 Å². The summed E-state index contributed by atoms with van der Waals surface area (Å²) in [6.07, 6.45) is 4.05. The van der Waals surface area contributed by atoms with Crippen LogP contribution in [0.1, 0.15) is 39.0 Å². The van der Waals surface area contributed by atoms with Crippen molar-refractivity contribution < 1.29 is 14.7 Å². The van der Waals surface area contributed by atoms with Gasteiger partial charge in [0.1, 0.15) is 0 Å². The van der Waals surface area contributed by atoms with Gasteiger partial charge in [-0.2, -0.15) is 0 Å². The third-order valence-electron chi connectivity index (χ3n) is 4.12. The molecule has 102 valence electrons. The highest BCUT2D eigenvalue weighted by Crippen LogP contribution is 2.25. The monoisotopic (exact) mass is 254 g/mol. The molecule has 2 unspecified atom stereocenters. The van der Waals surface area contributed by atoms with Gasteiger partial charge in [0, 0.05) is 32.1 Å². The fourth-order valence-electron chi connectivity index (χ4n) is 2.97. The summed E-state index contributed by atoms with van der Waals surface area (Å²) in [6, 6.07) is 0.508. The average molecular weight is 254 g/mol. The van der Waals surface area contributed by atoms with E-state index >= 15 is 0 Å². The van der Waals surface area contributed by atoms with E-state index in [9.17, 15) is 9.59 Å². The molecule has 0 spiro atoms. The van der Waals surface area contributed by atoms with Gasteiger partial charge in [-0.25, -0.2) is 4.79 Å². The van der Waals surface area contributed by atoms with Crippen molar-refractivity contribution in [3.63, 3.8) is 0 Å². The first-order valence-electron chi connectivity index (χ1n) is 6.85. The number of rotatable bonds is 3. The Balaban J connectivity index is 1.81. The molecule has 2 saturated heterocycles. The second kappa shape index (κ2) is 5.59. The first-order valence-corrected chi connectivity index (χ1v) is 6.85. The first kappa shape index (κ1) is 13.2. The first-order chi connectivity index (χ1) is 8.58. The minimum atomic E-state index is -0.743. The van der Waals surface area contributed by atoms with E-state index in [1.165, 1.54) is 0 Å². The van der Waals surface area contributed by atoms with Gasteiger partial charge >= 0.3 is 12.0 Å². The molecule has 5 heteroatoms. The molecule has 0 aromatic carbocycles. The average Bonchev–Trinajstić information content (AvgIpc) is 2.94. The zero-order valence-corrected chi connectivity index (χ0v) is 11.0. The van der Waals surface area contributed by atoms with Gasteiger partial charge < -0.3 is 14.9 Å². The summed E-state index contributed by atoms with van der Waals surface area (Å²) in [4.78, 5) is 26.7. The van der Waals surface area contributed by atoms with Gasteiger partial charge in [0.25, 0.3) is 0 Å². The summed E-state index contributed by atoms with van der Waals surface area (Å²) in [5.41, 5.74) is 0. The van der Waals surface area contributed by atoms with E-state index in [-0.39, 0.29) is 12.5 Å². The lowest BCUT2D eigenvalue weighted by atomic mass is 10.0. The van der Waals surface area contributed by atoms with Gasteiger partial charge in [-0.15, -0.1) is 0 Å². The highest BCUT2D eigenvalue weighted by molar-refractivity contribution is 5.75. The molecule has 0 aromatic heterocycles. The van der Waals surface area contributed by atoms with E-state index in [0.717, 1.165) is 38.9 Å². The number of nitrogens with zero attached hydrogens (tertiary/aromatic N) is 2. The molecule has 2 heterocycles. The van der Waals surface area contributed by atoms with Crippen LogP contribution in [-0.2, 0) is 4.79 Å². The summed E-state index contributed by atoms with van der Waals surface area (Å²) in [7, 11) is 0. The summed E-state index contributed by atoms with van der Waals surface area (Å²) in [6.45, 7) is 4.49. The number of carbonyl (C=O) groups is 2. The number of aliphatic carboxylic acids is 1.